The zero-order valence-corrected chi connectivity index (χ0v) is 8.82. The van der Waals surface area contributed by atoms with E-state index in [0.717, 1.165) is 25.9 Å². The van der Waals surface area contributed by atoms with Crippen LogP contribution in [0.5, 0.6) is 0 Å². The van der Waals surface area contributed by atoms with Gasteiger partial charge in [-0.2, -0.15) is 0 Å². The lowest BCUT2D eigenvalue weighted by Gasteiger charge is -2.31. The Kier molecular flexibility index (Phi) is 5.56. The van der Waals surface area contributed by atoms with E-state index in [2.05, 4.69) is 5.43 Å². The molecule has 0 saturated carbocycles. The molecule has 0 aromatic heterocycles. The van der Waals surface area contributed by atoms with Gasteiger partial charge in [0, 0.05) is 13.1 Å². The molecule has 0 aromatic rings. The Labute approximate surface area is 89.3 Å². The largest absolute Gasteiger partial charge is 0.394 e. The van der Waals surface area contributed by atoms with E-state index in [0.29, 0.717) is 13.2 Å². The van der Waals surface area contributed by atoms with Crippen molar-refractivity contribution in [1.29, 1.82) is 0 Å². The number of nitrogens with zero attached hydrogens (tertiary/aromatic N) is 1. The average molecular weight is 217 g/mol. The van der Waals surface area contributed by atoms with E-state index < -0.39 is 0 Å². The normalized spacial score (nSPS) is 19.1. The summed E-state index contributed by atoms with van der Waals surface area (Å²) in [5.41, 5.74) is 2.11. The van der Waals surface area contributed by atoms with Gasteiger partial charge in [0.05, 0.1) is 25.9 Å². The second-order valence-corrected chi connectivity index (χ2v) is 3.64. The Balaban J connectivity index is 2.15. The van der Waals surface area contributed by atoms with Crippen molar-refractivity contribution in [2.45, 2.75) is 18.9 Å². The first-order chi connectivity index (χ1) is 7.26. The molecule has 1 rings (SSSR count). The molecule has 1 aliphatic rings. The fraction of sp³-hybridized carbons (Fsp3) is 0.889. The molecule has 0 unspecified atom stereocenters. The molecule has 0 bridgehead atoms. The summed E-state index contributed by atoms with van der Waals surface area (Å²) in [5.74, 6) is 4.84. The van der Waals surface area contributed by atoms with E-state index >= 15 is 0 Å². The number of hydrogen-bond acceptors (Lipinski definition) is 5. The minimum atomic E-state index is -0.162. The molecule has 1 fully saturated rings. The van der Waals surface area contributed by atoms with Crippen LogP contribution in [0.3, 0.4) is 0 Å². The molecule has 0 spiro atoms. The zero-order valence-electron chi connectivity index (χ0n) is 8.82. The maximum atomic E-state index is 11.0. The van der Waals surface area contributed by atoms with Gasteiger partial charge in [-0.05, 0) is 12.8 Å². The van der Waals surface area contributed by atoms with E-state index in [4.69, 9.17) is 15.7 Å². The summed E-state index contributed by atoms with van der Waals surface area (Å²) in [6.45, 7) is 2.49. The van der Waals surface area contributed by atoms with Crippen LogP contribution in [0.4, 0.5) is 0 Å². The van der Waals surface area contributed by atoms with Gasteiger partial charge in [-0.1, -0.05) is 0 Å². The van der Waals surface area contributed by atoms with Gasteiger partial charge in [0.1, 0.15) is 0 Å². The van der Waals surface area contributed by atoms with Crippen LogP contribution < -0.4 is 11.3 Å². The molecule has 0 aromatic carbocycles. The Bertz CT molecular complexity index is 193. The molecule has 1 amide bonds. The lowest BCUT2D eigenvalue weighted by molar-refractivity contribution is -0.123. The summed E-state index contributed by atoms with van der Waals surface area (Å²) in [7, 11) is 0. The van der Waals surface area contributed by atoms with Crippen molar-refractivity contribution in [2.75, 3.05) is 32.8 Å². The maximum Gasteiger partial charge on any atom is 0.248 e. The van der Waals surface area contributed by atoms with Crippen LogP contribution in [-0.4, -0.2) is 54.9 Å². The first kappa shape index (κ1) is 12.4. The van der Waals surface area contributed by atoms with E-state index in [1.54, 1.807) is 0 Å². The van der Waals surface area contributed by atoms with Crippen molar-refractivity contribution in [2.24, 2.45) is 5.84 Å². The molecular weight excluding hydrogens is 198 g/mol. The number of piperidine rings is 1. The summed E-state index contributed by atoms with van der Waals surface area (Å²) in [6.07, 6.45) is 2.02. The topological polar surface area (TPSA) is 87.8 Å². The molecule has 0 aliphatic carbocycles. The third kappa shape index (κ3) is 4.57. The molecule has 1 aliphatic heterocycles. The molecule has 6 heteroatoms. The van der Waals surface area contributed by atoms with E-state index in [1.165, 1.54) is 0 Å². The Morgan fingerprint density at radius 2 is 2.20 bits per heavy atom. The van der Waals surface area contributed by atoms with Crippen LogP contribution in [-0.2, 0) is 9.53 Å². The number of nitrogens with one attached hydrogen (secondary N) is 1. The summed E-state index contributed by atoms with van der Waals surface area (Å²) in [6, 6.07) is 0. The van der Waals surface area contributed by atoms with E-state index in [9.17, 15) is 4.79 Å². The van der Waals surface area contributed by atoms with Crippen molar-refractivity contribution < 1.29 is 14.6 Å². The van der Waals surface area contributed by atoms with E-state index in [-0.39, 0.29) is 18.6 Å². The number of carbonyl (C=O) groups excluding carboxylic acids is 1. The number of hydrogen-bond donors (Lipinski definition) is 3. The number of aliphatic hydroxyl groups is 1. The first-order valence-corrected chi connectivity index (χ1v) is 5.20. The monoisotopic (exact) mass is 217 g/mol. The van der Waals surface area contributed by atoms with Crippen molar-refractivity contribution in [3.63, 3.8) is 0 Å². The lowest BCUT2D eigenvalue weighted by Crippen LogP contribution is -2.44. The predicted molar refractivity (Wildman–Crippen MR) is 54.8 cm³/mol. The third-order valence-electron chi connectivity index (χ3n) is 2.51. The number of rotatable bonds is 5. The number of ether oxygens (including phenoxy) is 1. The first-order valence-electron chi connectivity index (χ1n) is 5.20. The van der Waals surface area contributed by atoms with Crippen LogP contribution >= 0.6 is 0 Å². The Morgan fingerprint density at radius 3 is 2.73 bits per heavy atom. The number of carbonyl (C=O) groups is 1. The van der Waals surface area contributed by atoms with E-state index in [1.807, 2.05) is 4.90 Å². The minimum Gasteiger partial charge on any atom is -0.394 e. The van der Waals surface area contributed by atoms with Crippen LogP contribution in [0.1, 0.15) is 12.8 Å². The number of nitrogens with two attached hydrogens (primary N) is 1. The second kappa shape index (κ2) is 6.73. The molecule has 0 atom stereocenters. The van der Waals surface area contributed by atoms with Gasteiger partial charge in [0.25, 0.3) is 0 Å². The fourth-order valence-corrected chi connectivity index (χ4v) is 1.70. The van der Waals surface area contributed by atoms with Gasteiger partial charge in [-0.3, -0.25) is 15.1 Å². The highest BCUT2D eigenvalue weighted by Gasteiger charge is 2.20. The third-order valence-corrected chi connectivity index (χ3v) is 2.51. The minimum absolute atomic E-state index is 0.0653. The van der Waals surface area contributed by atoms with Crippen LogP contribution in [0.2, 0.25) is 0 Å². The molecule has 4 N–H and O–H groups in total. The van der Waals surface area contributed by atoms with Crippen molar-refractivity contribution in [3.05, 3.63) is 0 Å². The number of aliphatic hydroxyl groups excluding tert-OH is 1. The molecule has 1 saturated heterocycles. The molecule has 6 nitrogen and oxygen atoms in total. The van der Waals surface area contributed by atoms with Crippen molar-refractivity contribution >= 4 is 5.91 Å². The van der Waals surface area contributed by atoms with Crippen LogP contribution in [0.25, 0.3) is 0 Å². The highest BCUT2D eigenvalue weighted by atomic mass is 16.5. The summed E-state index contributed by atoms with van der Waals surface area (Å²) >= 11 is 0. The SMILES string of the molecule is NNC(=O)CN1CCC(OCCO)CC1. The number of hydrazine groups is 1. The molecule has 1 heterocycles. The highest BCUT2D eigenvalue weighted by molar-refractivity contribution is 5.77. The fourth-order valence-electron chi connectivity index (χ4n) is 1.70. The predicted octanol–water partition coefficient (Wildman–Crippen LogP) is -1.55. The average Bonchev–Trinajstić information content (AvgIpc) is 2.28. The van der Waals surface area contributed by atoms with Crippen molar-refractivity contribution in [1.82, 2.24) is 10.3 Å². The summed E-state index contributed by atoms with van der Waals surface area (Å²) < 4.78 is 5.41. The van der Waals surface area contributed by atoms with Crippen LogP contribution in [0, 0.1) is 0 Å². The van der Waals surface area contributed by atoms with Gasteiger partial charge in [-0.25, -0.2) is 5.84 Å². The highest BCUT2D eigenvalue weighted by Crippen LogP contribution is 2.12. The Hall–Kier alpha value is -0.690. The van der Waals surface area contributed by atoms with Gasteiger partial charge in [-0.15, -0.1) is 0 Å². The van der Waals surface area contributed by atoms with Crippen molar-refractivity contribution in [3.8, 4) is 0 Å². The number of amides is 1. The van der Waals surface area contributed by atoms with Gasteiger partial charge in [0.15, 0.2) is 0 Å². The summed E-state index contributed by atoms with van der Waals surface area (Å²) in [4.78, 5) is 13.0. The molecule has 0 radical (unpaired) electrons. The van der Waals surface area contributed by atoms with Gasteiger partial charge >= 0.3 is 0 Å². The van der Waals surface area contributed by atoms with Gasteiger partial charge < -0.3 is 9.84 Å². The molecular formula is C9H19N3O3. The number of likely N-dealkylation sites (tertiary alicyclic amines) is 1. The van der Waals surface area contributed by atoms with Gasteiger partial charge in [0.2, 0.25) is 5.91 Å². The molecule has 88 valence electrons. The molecule has 15 heavy (non-hydrogen) atoms. The second-order valence-electron chi connectivity index (χ2n) is 3.64. The Morgan fingerprint density at radius 1 is 1.53 bits per heavy atom. The quantitative estimate of drug-likeness (QED) is 0.295. The van der Waals surface area contributed by atoms with Crippen LogP contribution in [0.15, 0.2) is 0 Å². The standard InChI is InChI=1S/C9H19N3O3/c10-11-9(14)7-12-3-1-8(2-4-12)15-6-5-13/h8,13H,1-7,10H2,(H,11,14). The summed E-state index contributed by atoms with van der Waals surface area (Å²) in [5, 5.41) is 8.60. The zero-order chi connectivity index (χ0) is 11.1. The maximum absolute atomic E-state index is 11.0. The smallest absolute Gasteiger partial charge is 0.248 e. The lowest BCUT2D eigenvalue weighted by atomic mass is 10.1.